The van der Waals surface area contributed by atoms with Gasteiger partial charge in [0.05, 0.1) is 30.5 Å². The van der Waals surface area contributed by atoms with Crippen LogP contribution < -0.4 is 0 Å². The van der Waals surface area contributed by atoms with E-state index in [2.05, 4.69) is 20.9 Å². The van der Waals surface area contributed by atoms with Crippen molar-refractivity contribution in [3.8, 4) is 0 Å². The van der Waals surface area contributed by atoms with E-state index in [9.17, 15) is 4.79 Å². The number of ether oxygens (including phenoxy) is 2. The van der Waals surface area contributed by atoms with Crippen molar-refractivity contribution in [2.24, 2.45) is 10.9 Å². The molecule has 0 radical (unpaired) electrons. The second-order valence-corrected chi connectivity index (χ2v) is 5.58. The third kappa shape index (κ3) is 6.23. The van der Waals surface area contributed by atoms with Gasteiger partial charge in [-0.05, 0) is 32.3 Å². The number of carbonyl (C=O) groups is 1. The van der Waals surface area contributed by atoms with E-state index >= 15 is 0 Å². The molecular weight excluding hydrogens is 310 g/mol. The zero-order valence-corrected chi connectivity index (χ0v) is 13.2. The SMILES string of the molecule is CCOC(=O)C(CC)CCCOC1=NCC(Br)C=C1. The monoisotopic (exact) mass is 331 g/mol. The fraction of sp³-hybridized carbons (Fsp3) is 0.714. The third-order valence-electron chi connectivity index (χ3n) is 2.93. The van der Waals surface area contributed by atoms with Crippen molar-refractivity contribution in [1.29, 1.82) is 0 Å². The van der Waals surface area contributed by atoms with E-state index in [0.29, 0.717) is 30.5 Å². The molecule has 0 aliphatic carbocycles. The van der Waals surface area contributed by atoms with Crippen molar-refractivity contribution < 1.29 is 14.3 Å². The molecule has 5 heteroatoms. The van der Waals surface area contributed by atoms with Gasteiger partial charge in [-0.3, -0.25) is 9.79 Å². The molecule has 1 rings (SSSR count). The molecule has 1 heterocycles. The van der Waals surface area contributed by atoms with E-state index in [-0.39, 0.29) is 11.9 Å². The minimum absolute atomic E-state index is 0.0145. The van der Waals surface area contributed by atoms with Crippen LogP contribution in [-0.4, -0.2) is 36.5 Å². The highest BCUT2D eigenvalue weighted by Gasteiger charge is 2.17. The number of aliphatic imine (C=N–C) groups is 1. The van der Waals surface area contributed by atoms with Crippen LogP contribution >= 0.6 is 15.9 Å². The predicted octanol–water partition coefficient (Wildman–Crippen LogP) is 3.10. The van der Waals surface area contributed by atoms with Crippen LogP contribution in [0.5, 0.6) is 0 Å². The lowest BCUT2D eigenvalue weighted by atomic mass is 10.0. The van der Waals surface area contributed by atoms with Gasteiger partial charge in [-0.15, -0.1) is 0 Å². The summed E-state index contributed by atoms with van der Waals surface area (Å²) in [6.07, 6.45) is 6.35. The van der Waals surface area contributed by atoms with E-state index in [1.54, 1.807) is 0 Å². The maximum Gasteiger partial charge on any atom is 0.308 e. The van der Waals surface area contributed by atoms with Crippen LogP contribution in [0.4, 0.5) is 0 Å². The summed E-state index contributed by atoms with van der Waals surface area (Å²) in [6, 6.07) is 0. The van der Waals surface area contributed by atoms with Crippen molar-refractivity contribution in [3.63, 3.8) is 0 Å². The van der Waals surface area contributed by atoms with Gasteiger partial charge in [0, 0.05) is 0 Å². The fourth-order valence-corrected chi connectivity index (χ4v) is 2.12. The third-order valence-corrected chi connectivity index (χ3v) is 3.52. The first-order valence-electron chi connectivity index (χ1n) is 6.83. The molecule has 0 saturated heterocycles. The lowest BCUT2D eigenvalue weighted by molar-refractivity contribution is -0.148. The summed E-state index contributed by atoms with van der Waals surface area (Å²) >= 11 is 3.46. The summed E-state index contributed by atoms with van der Waals surface area (Å²) in [7, 11) is 0. The smallest absolute Gasteiger partial charge is 0.308 e. The summed E-state index contributed by atoms with van der Waals surface area (Å²) in [5.41, 5.74) is 0. The van der Waals surface area contributed by atoms with Crippen LogP contribution in [0.25, 0.3) is 0 Å². The van der Waals surface area contributed by atoms with Crippen molar-refractivity contribution in [2.45, 2.75) is 37.9 Å². The molecule has 1 aliphatic heterocycles. The molecule has 0 bridgehead atoms. The minimum atomic E-state index is -0.0953. The predicted molar refractivity (Wildman–Crippen MR) is 79.8 cm³/mol. The molecule has 0 fully saturated rings. The Morgan fingerprint density at radius 2 is 2.37 bits per heavy atom. The minimum Gasteiger partial charge on any atom is -0.478 e. The lowest BCUT2D eigenvalue weighted by Crippen LogP contribution is -2.18. The van der Waals surface area contributed by atoms with E-state index in [1.165, 1.54) is 0 Å². The molecule has 0 saturated carbocycles. The van der Waals surface area contributed by atoms with Gasteiger partial charge in [0.15, 0.2) is 0 Å². The number of halogens is 1. The van der Waals surface area contributed by atoms with Crippen LogP contribution in [-0.2, 0) is 14.3 Å². The van der Waals surface area contributed by atoms with Gasteiger partial charge in [-0.1, -0.05) is 28.9 Å². The lowest BCUT2D eigenvalue weighted by Gasteiger charge is -2.14. The second-order valence-electron chi connectivity index (χ2n) is 4.40. The Balaban J connectivity index is 2.19. The van der Waals surface area contributed by atoms with Gasteiger partial charge in [0.2, 0.25) is 5.90 Å². The topological polar surface area (TPSA) is 47.9 Å². The first-order chi connectivity index (χ1) is 9.17. The number of nitrogens with zero attached hydrogens (tertiary/aromatic N) is 1. The Kier molecular flexibility index (Phi) is 7.79. The van der Waals surface area contributed by atoms with Crippen LogP contribution in [0, 0.1) is 5.92 Å². The Bertz CT molecular complexity index is 342. The normalized spacial score (nSPS) is 19.7. The number of dihydropyridines is 1. The van der Waals surface area contributed by atoms with Crippen LogP contribution in [0.3, 0.4) is 0 Å². The summed E-state index contributed by atoms with van der Waals surface area (Å²) in [5.74, 6) is 0.571. The first kappa shape index (κ1) is 16.2. The van der Waals surface area contributed by atoms with Crippen molar-refractivity contribution in [3.05, 3.63) is 12.2 Å². The average Bonchev–Trinajstić information content (AvgIpc) is 2.41. The van der Waals surface area contributed by atoms with Gasteiger partial charge >= 0.3 is 5.97 Å². The summed E-state index contributed by atoms with van der Waals surface area (Å²) in [5, 5.41) is 0. The second kappa shape index (κ2) is 9.13. The quantitative estimate of drug-likeness (QED) is 0.409. The van der Waals surface area contributed by atoms with Crippen molar-refractivity contribution in [2.75, 3.05) is 19.8 Å². The summed E-state index contributed by atoms with van der Waals surface area (Å²) in [4.78, 5) is 16.2. The number of hydrogen-bond donors (Lipinski definition) is 0. The number of rotatable bonds is 7. The Morgan fingerprint density at radius 3 is 2.95 bits per heavy atom. The van der Waals surface area contributed by atoms with E-state index < -0.39 is 0 Å². The molecular formula is C14H22BrNO3. The molecule has 2 atom stereocenters. The van der Waals surface area contributed by atoms with E-state index in [0.717, 1.165) is 19.3 Å². The van der Waals surface area contributed by atoms with E-state index in [1.807, 2.05) is 26.0 Å². The Morgan fingerprint density at radius 1 is 1.58 bits per heavy atom. The molecule has 0 N–H and O–H groups in total. The highest BCUT2D eigenvalue weighted by Crippen LogP contribution is 2.14. The molecule has 0 aromatic carbocycles. The number of alkyl halides is 1. The largest absolute Gasteiger partial charge is 0.478 e. The fourth-order valence-electron chi connectivity index (χ4n) is 1.83. The van der Waals surface area contributed by atoms with Crippen LogP contribution in [0.1, 0.15) is 33.1 Å². The van der Waals surface area contributed by atoms with Gasteiger partial charge in [0.25, 0.3) is 0 Å². The van der Waals surface area contributed by atoms with Crippen LogP contribution in [0.2, 0.25) is 0 Å². The number of hydrogen-bond acceptors (Lipinski definition) is 4. The Labute approximate surface area is 123 Å². The van der Waals surface area contributed by atoms with Gasteiger partial charge in [-0.2, -0.15) is 0 Å². The standard InChI is InChI=1S/C14H22BrNO3/c1-3-11(14(17)18-4-2)6-5-9-19-13-8-7-12(15)10-16-13/h7-8,11-12H,3-6,9-10H2,1-2H3. The number of esters is 1. The number of carbonyl (C=O) groups excluding carboxylic acids is 1. The molecule has 2 unspecified atom stereocenters. The summed E-state index contributed by atoms with van der Waals surface area (Å²) < 4.78 is 10.6. The highest BCUT2D eigenvalue weighted by molar-refractivity contribution is 9.09. The molecule has 0 spiro atoms. The molecule has 1 aliphatic rings. The van der Waals surface area contributed by atoms with E-state index in [4.69, 9.17) is 9.47 Å². The van der Waals surface area contributed by atoms with Gasteiger partial charge in [0.1, 0.15) is 0 Å². The average molecular weight is 332 g/mol. The van der Waals surface area contributed by atoms with Gasteiger partial charge < -0.3 is 9.47 Å². The molecule has 4 nitrogen and oxygen atoms in total. The van der Waals surface area contributed by atoms with Crippen molar-refractivity contribution in [1.82, 2.24) is 0 Å². The molecule has 0 amide bonds. The molecule has 0 aromatic rings. The molecule has 108 valence electrons. The van der Waals surface area contributed by atoms with Gasteiger partial charge in [-0.25, -0.2) is 0 Å². The maximum absolute atomic E-state index is 11.6. The molecule has 0 aromatic heterocycles. The summed E-state index contributed by atoms with van der Waals surface area (Å²) in [6.45, 7) is 5.59. The van der Waals surface area contributed by atoms with Crippen LogP contribution in [0.15, 0.2) is 17.1 Å². The highest BCUT2D eigenvalue weighted by atomic mass is 79.9. The maximum atomic E-state index is 11.6. The molecule has 19 heavy (non-hydrogen) atoms. The zero-order valence-electron chi connectivity index (χ0n) is 11.6. The van der Waals surface area contributed by atoms with Crippen molar-refractivity contribution >= 4 is 27.8 Å². The Hall–Kier alpha value is -0.840. The zero-order chi connectivity index (χ0) is 14.1. The first-order valence-corrected chi connectivity index (χ1v) is 7.75.